The fourth-order valence-electron chi connectivity index (χ4n) is 1.91. The molecule has 0 aromatic heterocycles. The van der Waals surface area contributed by atoms with Crippen LogP contribution in [0.2, 0.25) is 0 Å². The van der Waals surface area contributed by atoms with E-state index in [4.69, 9.17) is 4.74 Å². The summed E-state index contributed by atoms with van der Waals surface area (Å²) >= 11 is 0. The molecule has 0 bridgehead atoms. The van der Waals surface area contributed by atoms with Gasteiger partial charge in [0.05, 0.1) is 17.4 Å². The summed E-state index contributed by atoms with van der Waals surface area (Å²) in [6.07, 6.45) is 3.09. The number of rotatable bonds is 9. The van der Waals surface area contributed by atoms with E-state index in [1.807, 2.05) is 6.92 Å². The number of esters is 1. The van der Waals surface area contributed by atoms with E-state index in [9.17, 15) is 20.0 Å². The van der Waals surface area contributed by atoms with Gasteiger partial charge in [0.1, 0.15) is 5.60 Å². The molecule has 1 atom stereocenters. The molecule has 0 heterocycles. The SMILES string of the molecule is CCCCCC(O)(CC(=O)OC(C)C)/C(C)=C/[N+](=O)[O-]. The van der Waals surface area contributed by atoms with E-state index in [0.29, 0.717) is 12.8 Å². The maximum absolute atomic E-state index is 11.7. The lowest BCUT2D eigenvalue weighted by Crippen LogP contribution is -2.35. The molecule has 6 heteroatoms. The van der Waals surface area contributed by atoms with E-state index in [2.05, 4.69) is 0 Å². The first-order chi connectivity index (χ1) is 9.21. The van der Waals surface area contributed by atoms with Crippen LogP contribution in [0.25, 0.3) is 0 Å². The number of hydrogen-bond donors (Lipinski definition) is 1. The van der Waals surface area contributed by atoms with Crippen molar-refractivity contribution in [3.05, 3.63) is 21.9 Å². The zero-order valence-electron chi connectivity index (χ0n) is 12.7. The van der Waals surface area contributed by atoms with Crippen molar-refractivity contribution in [2.24, 2.45) is 0 Å². The molecule has 1 unspecified atom stereocenters. The molecule has 20 heavy (non-hydrogen) atoms. The van der Waals surface area contributed by atoms with Gasteiger partial charge >= 0.3 is 5.97 Å². The van der Waals surface area contributed by atoms with Crippen LogP contribution < -0.4 is 0 Å². The predicted molar refractivity (Wildman–Crippen MR) is 75.7 cm³/mol. The van der Waals surface area contributed by atoms with E-state index >= 15 is 0 Å². The fourth-order valence-corrected chi connectivity index (χ4v) is 1.91. The molecule has 0 spiro atoms. The highest BCUT2D eigenvalue weighted by Crippen LogP contribution is 2.28. The number of ether oxygens (including phenoxy) is 1. The third kappa shape index (κ3) is 7.23. The Bertz CT molecular complexity index is 365. The summed E-state index contributed by atoms with van der Waals surface area (Å²) in [5.74, 6) is -0.546. The van der Waals surface area contributed by atoms with Gasteiger partial charge in [-0.25, -0.2) is 0 Å². The minimum absolute atomic E-state index is 0.180. The Balaban J connectivity index is 4.94. The number of aliphatic hydroxyl groups is 1. The Hall–Kier alpha value is -1.43. The average molecular weight is 287 g/mol. The largest absolute Gasteiger partial charge is 0.463 e. The van der Waals surface area contributed by atoms with E-state index in [1.165, 1.54) is 6.92 Å². The van der Waals surface area contributed by atoms with Crippen molar-refractivity contribution in [1.82, 2.24) is 0 Å². The van der Waals surface area contributed by atoms with Crippen molar-refractivity contribution in [3.63, 3.8) is 0 Å². The van der Waals surface area contributed by atoms with E-state index in [0.717, 1.165) is 19.0 Å². The monoisotopic (exact) mass is 287 g/mol. The van der Waals surface area contributed by atoms with Crippen LogP contribution in [0.3, 0.4) is 0 Å². The molecule has 1 N–H and O–H groups in total. The Kier molecular flexibility index (Phi) is 8.06. The second-order valence-corrected chi connectivity index (χ2v) is 5.30. The third-order valence-electron chi connectivity index (χ3n) is 3.03. The number of nitrogens with zero attached hydrogens (tertiary/aromatic N) is 1. The van der Waals surface area contributed by atoms with Gasteiger partial charge in [-0.1, -0.05) is 26.2 Å². The molecule has 116 valence electrons. The third-order valence-corrected chi connectivity index (χ3v) is 3.03. The maximum atomic E-state index is 11.7. The zero-order valence-corrected chi connectivity index (χ0v) is 12.7. The van der Waals surface area contributed by atoms with Gasteiger partial charge < -0.3 is 9.84 Å². The summed E-state index contributed by atoms with van der Waals surface area (Å²) in [6.45, 7) is 6.92. The summed E-state index contributed by atoms with van der Waals surface area (Å²) in [4.78, 5) is 21.6. The molecule has 0 amide bonds. The van der Waals surface area contributed by atoms with E-state index in [-0.39, 0.29) is 18.1 Å². The number of nitro groups is 1. The second-order valence-electron chi connectivity index (χ2n) is 5.30. The molecule has 0 aromatic rings. The van der Waals surface area contributed by atoms with Crippen LogP contribution in [0.5, 0.6) is 0 Å². The molecule has 0 radical (unpaired) electrons. The van der Waals surface area contributed by atoms with Crippen LogP contribution in [0.1, 0.15) is 59.8 Å². The van der Waals surface area contributed by atoms with Crippen LogP contribution in [-0.2, 0) is 9.53 Å². The smallest absolute Gasteiger partial charge is 0.309 e. The van der Waals surface area contributed by atoms with Crippen LogP contribution in [-0.4, -0.2) is 27.7 Å². The second kappa shape index (κ2) is 8.68. The number of unbranched alkanes of at least 4 members (excludes halogenated alkanes) is 2. The van der Waals surface area contributed by atoms with Gasteiger partial charge in [-0.05, 0) is 27.2 Å². The Morgan fingerprint density at radius 1 is 1.45 bits per heavy atom. The van der Waals surface area contributed by atoms with E-state index < -0.39 is 16.5 Å². The van der Waals surface area contributed by atoms with Gasteiger partial charge in [-0.2, -0.15) is 0 Å². The molecule has 6 nitrogen and oxygen atoms in total. The Morgan fingerprint density at radius 2 is 2.05 bits per heavy atom. The van der Waals surface area contributed by atoms with Crippen molar-refractivity contribution < 1.29 is 19.6 Å². The lowest BCUT2D eigenvalue weighted by Gasteiger charge is -2.27. The average Bonchev–Trinajstić information content (AvgIpc) is 2.26. The van der Waals surface area contributed by atoms with Crippen molar-refractivity contribution in [2.45, 2.75) is 71.5 Å². The van der Waals surface area contributed by atoms with Crippen LogP contribution in [0, 0.1) is 10.1 Å². The summed E-state index contributed by atoms with van der Waals surface area (Å²) in [6, 6.07) is 0. The summed E-state index contributed by atoms with van der Waals surface area (Å²) in [5.41, 5.74) is -1.33. The molecule has 0 rings (SSSR count). The highest BCUT2D eigenvalue weighted by atomic mass is 16.6. The van der Waals surface area contributed by atoms with Gasteiger partial charge in [0, 0.05) is 5.57 Å². The standard InChI is InChI=1S/C14H25NO5/c1-5-6-7-8-14(17,12(4)10-15(18)19)9-13(16)20-11(2)3/h10-11,17H,5-9H2,1-4H3/b12-10+. The summed E-state index contributed by atoms with van der Waals surface area (Å²) < 4.78 is 5.01. The van der Waals surface area contributed by atoms with Crippen LogP contribution in [0.4, 0.5) is 0 Å². The number of carbonyl (C=O) groups excluding carboxylic acids is 1. The van der Waals surface area contributed by atoms with Gasteiger partial charge in [0.15, 0.2) is 0 Å². The molecule has 0 saturated carbocycles. The topological polar surface area (TPSA) is 89.7 Å². The zero-order chi connectivity index (χ0) is 15.8. The Morgan fingerprint density at radius 3 is 2.50 bits per heavy atom. The molecule has 0 saturated heterocycles. The fraction of sp³-hybridized carbons (Fsp3) is 0.786. The lowest BCUT2D eigenvalue weighted by molar-refractivity contribution is -0.404. The molecule has 0 aliphatic rings. The molecule has 0 fully saturated rings. The normalized spacial score (nSPS) is 15.0. The summed E-state index contributed by atoms with van der Waals surface area (Å²) in [5, 5.41) is 21.1. The van der Waals surface area contributed by atoms with Gasteiger partial charge in [0.25, 0.3) is 0 Å². The van der Waals surface area contributed by atoms with Crippen molar-refractivity contribution in [2.75, 3.05) is 0 Å². The van der Waals surface area contributed by atoms with Gasteiger partial charge in [-0.15, -0.1) is 0 Å². The van der Waals surface area contributed by atoms with E-state index in [1.54, 1.807) is 13.8 Å². The minimum Gasteiger partial charge on any atom is -0.463 e. The molecule has 0 aromatic carbocycles. The Labute approximate surface area is 120 Å². The van der Waals surface area contributed by atoms with Gasteiger partial charge in [0.2, 0.25) is 6.20 Å². The van der Waals surface area contributed by atoms with Crippen molar-refractivity contribution in [1.29, 1.82) is 0 Å². The minimum atomic E-state index is -1.51. The lowest BCUT2D eigenvalue weighted by atomic mass is 9.86. The highest BCUT2D eigenvalue weighted by Gasteiger charge is 2.34. The maximum Gasteiger partial charge on any atom is 0.309 e. The van der Waals surface area contributed by atoms with Crippen molar-refractivity contribution in [3.8, 4) is 0 Å². The number of hydrogen-bond acceptors (Lipinski definition) is 5. The molecule has 0 aliphatic carbocycles. The first kappa shape index (κ1) is 18.6. The van der Waals surface area contributed by atoms with Gasteiger partial charge in [-0.3, -0.25) is 14.9 Å². The van der Waals surface area contributed by atoms with Crippen LogP contribution in [0.15, 0.2) is 11.8 Å². The quantitative estimate of drug-likeness (QED) is 0.305. The first-order valence-electron chi connectivity index (χ1n) is 6.95. The molecule has 0 aliphatic heterocycles. The molecular weight excluding hydrogens is 262 g/mol. The number of carbonyl (C=O) groups is 1. The first-order valence-corrected chi connectivity index (χ1v) is 6.95. The highest BCUT2D eigenvalue weighted by molar-refractivity contribution is 5.71. The summed E-state index contributed by atoms with van der Waals surface area (Å²) in [7, 11) is 0. The van der Waals surface area contributed by atoms with Crippen LogP contribution >= 0.6 is 0 Å². The molecular formula is C14H25NO5. The predicted octanol–water partition coefficient (Wildman–Crippen LogP) is 2.82. The van der Waals surface area contributed by atoms with Crippen molar-refractivity contribution >= 4 is 5.97 Å².